The number of methoxy groups -OCH3 is 1. The van der Waals surface area contributed by atoms with Crippen LogP contribution in [0.3, 0.4) is 0 Å². The highest BCUT2D eigenvalue weighted by Gasteiger charge is 2.09. The molecule has 0 saturated carbocycles. The molecule has 3 heteroatoms. The van der Waals surface area contributed by atoms with Crippen LogP contribution in [0.2, 0.25) is 0 Å². The van der Waals surface area contributed by atoms with Crippen LogP contribution in [-0.4, -0.2) is 24.3 Å². The predicted molar refractivity (Wildman–Crippen MR) is 37.5 cm³/mol. The molecule has 0 aromatic rings. The van der Waals surface area contributed by atoms with Crippen molar-refractivity contribution in [1.29, 1.82) is 0 Å². The van der Waals surface area contributed by atoms with Crippen LogP contribution >= 0.6 is 0 Å². The molecule has 10 heavy (non-hydrogen) atoms. The molecule has 3 nitrogen and oxygen atoms in total. The number of hydrogen-bond donors (Lipinski definition) is 1. The van der Waals surface area contributed by atoms with E-state index in [1.54, 1.807) is 6.08 Å². The third-order valence-corrected chi connectivity index (χ3v) is 0.997. The highest BCUT2D eigenvalue weighted by molar-refractivity contribution is 5.76. The van der Waals surface area contributed by atoms with Gasteiger partial charge in [0.05, 0.1) is 7.11 Å². The summed E-state index contributed by atoms with van der Waals surface area (Å²) in [6.07, 6.45) is 2.81. The molecule has 58 valence electrons. The van der Waals surface area contributed by atoms with Crippen LogP contribution in [0.4, 0.5) is 0 Å². The average Bonchev–Trinajstić information content (AvgIpc) is 1.98. The van der Waals surface area contributed by atoms with Crippen molar-refractivity contribution >= 4 is 5.97 Å². The van der Waals surface area contributed by atoms with Crippen LogP contribution in [0.5, 0.6) is 0 Å². The zero-order valence-corrected chi connectivity index (χ0v) is 6.20. The summed E-state index contributed by atoms with van der Waals surface area (Å²) in [7, 11) is 1.24. The second-order valence-corrected chi connectivity index (χ2v) is 1.80. The van der Waals surface area contributed by atoms with Gasteiger partial charge in [0, 0.05) is 0 Å². The number of aliphatic hydroxyl groups excluding tert-OH is 1. The molecule has 0 aromatic carbocycles. The Morgan fingerprint density at radius 1 is 1.80 bits per heavy atom. The van der Waals surface area contributed by atoms with Gasteiger partial charge in [-0.1, -0.05) is 13.0 Å². The largest absolute Gasteiger partial charge is 0.467 e. The maximum atomic E-state index is 10.5. The van der Waals surface area contributed by atoms with Gasteiger partial charge in [0.25, 0.3) is 0 Å². The fourth-order valence-corrected chi connectivity index (χ4v) is 0.464. The summed E-state index contributed by atoms with van der Waals surface area (Å²) in [5.74, 6) is -0.621. The zero-order valence-electron chi connectivity index (χ0n) is 6.20. The van der Waals surface area contributed by atoms with Gasteiger partial charge in [-0.2, -0.15) is 0 Å². The normalized spacial score (nSPS) is 13.5. The first-order valence-corrected chi connectivity index (χ1v) is 3.15. The van der Waals surface area contributed by atoms with Crippen LogP contribution in [0.15, 0.2) is 12.2 Å². The van der Waals surface area contributed by atoms with Gasteiger partial charge in [0.1, 0.15) is 0 Å². The number of rotatable bonds is 3. The van der Waals surface area contributed by atoms with E-state index in [1.165, 1.54) is 13.2 Å². The van der Waals surface area contributed by atoms with E-state index >= 15 is 0 Å². The van der Waals surface area contributed by atoms with Gasteiger partial charge in [0.2, 0.25) is 0 Å². The van der Waals surface area contributed by atoms with E-state index in [-0.39, 0.29) is 0 Å². The molecular formula is C7H12O3. The first kappa shape index (κ1) is 9.17. The fraction of sp³-hybridized carbons (Fsp3) is 0.571. The van der Waals surface area contributed by atoms with E-state index in [0.29, 0.717) is 0 Å². The molecule has 0 spiro atoms. The van der Waals surface area contributed by atoms with Gasteiger partial charge in [0.15, 0.2) is 6.10 Å². The monoisotopic (exact) mass is 144 g/mol. The van der Waals surface area contributed by atoms with Gasteiger partial charge in [-0.05, 0) is 12.5 Å². The van der Waals surface area contributed by atoms with Gasteiger partial charge >= 0.3 is 5.97 Å². The Balaban J connectivity index is 3.72. The van der Waals surface area contributed by atoms with E-state index in [9.17, 15) is 4.79 Å². The molecule has 0 aliphatic heterocycles. The minimum absolute atomic E-state index is 0.621. The Bertz CT molecular complexity index is 129. The Morgan fingerprint density at radius 2 is 2.40 bits per heavy atom. The lowest BCUT2D eigenvalue weighted by atomic mass is 10.3. The Morgan fingerprint density at radius 3 is 2.80 bits per heavy atom. The van der Waals surface area contributed by atoms with E-state index in [1.807, 2.05) is 6.92 Å². The van der Waals surface area contributed by atoms with Crippen molar-refractivity contribution in [3.8, 4) is 0 Å². The van der Waals surface area contributed by atoms with Gasteiger partial charge in [-0.3, -0.25) is 0 Å². The van der Waals surface area contributed by atoms with Gasteiger partial charge < -0.3 is 9.84 Å². The van der Waals surface area contributed by atoms with E-state index in [0.717, 1.165) is 6.42 Å². The van der Waals surface area contributed by atoms with Crippen LogP contribution in [0, 0.1) is 0 Å². The van der Waals surface area contributed by atoms with E-state index in [4.69, 9.17) is 5.11 Å². The molecule has 0 aliphatic rings. The summed E-state index contributed by atoms with van der Waals surface area (Å²) in [5.41, 5.74) is 0. The number of aliphatic hydroxyl groups is 1. The SMILES string of the molecule is CC/C=C/[C@H](O)C(=O)OC. The van der Waals surface area contributed by atoms with E-state index < -0.39 is 12.1 Å². The average molecular weight is 144 g/mol. The van der Waals surface area contributed by atoms with Crippen LogP contribution in [-0.2, 0) is 9.53 Å². The van der Waals surface area contributed by atoms with E-state index in [2.05, 4.69) is 4.74 Å². The standard InChI is InChI=1S/C7H12O3/c1-3-4-5-6(8)7(9)10-2/h4-6,8H,3H2,1-2H3/b5-4+/t6-/m0/s1. The number of hydrogen-bond acceptors (Lipinski definition) is 3. The molecule has 0 heterocycles. The lowest BCUT2D eigenvalue weighted by molar-refractivity contribution is -0.147. The summed E-state index contributed by atoms with van der Waals surface area (Å²) in [5, 5.41) is 8.89. The minimum Gasteiger partial charge on any atom is -0.467 e. The summed E-state index contributed by atoms with van der Waals surface area (Å²) in [4.78, 5) is 10.5. The van der Waals surface area contributed by atoms with Crippen molar-refractivity contribution in [1.82, 2.24) is 0 Å². The molecule has 0 aliphatic carbocycles. The van der Waals surface area contributed by atoms with Crippen LogP contribution in [0.1, 0.15) is 13.3 Å². The first-order valence-electron chi connectivity index (χ1n) is 3.15. The highest BCUT2D eigenvalue weighted by Crippen LogP contribution is 1.90. The molecule has 1 N–H and O–H groups in total. The molecule has 0 amide bonds. The maximum Gasteiger partial charge on any atom is 0.338 e. The summed E-state index contributed by atoms with van der Waals surface area (Å²) in [6, 6.07) is 0. The van der Waals surface area contributed by atoms with Crippen molar-refractivity contribution in [2.75, 3.05) is 7.11 Å². The third-order valence-electron chi connectivity index (χ3n) is 0.997. The van der Waals surface area contributed by atoms with Crippen LogP contribution < -0.4 is 0 Å². The number of allylic oxidation sites excluding steroid dienone is 1. The Hall–Kier alpha value is -0.830. The molecule has 0 rings (SSSR count). The third kappa shape index (κ3) is 3.25. The molecular weight excluding hydrogens is 132 g/mol. The quantitative estimate of drug-likeness (QED) is 0.463. The molecule has 0 aromatic heterocycles. The molecule has 0 bridgehead atoms. The summed E-state index contributed by atoms with van der Waals surface area (Å²) in [6.45, 7) is 1.92. The molecule has 1 atom stereocenters. The number of carbonyl (C=O) groups excluding carboxylic acids is 1. The smallest absolute Gasteiger partial charge is 0.338 e. The number of carbonyl (C=O) groups is 1. The summed E-state index contributed by atoms with van der Waals surface area (Å²) < 4.78 is 4.27. The predicted octanol–water partition coefficient (Wildman–Crippen LogP) is 0.486. The number of ether oxygens (including phenoxy) is 1. The molecule has 0 fully saturated rings. The summed E-state index contributed by atoms with van der Waals surface area (Å²) >= 11 is 0. The highest BCUT2D eigenvalue weighted by atomic mass is 16.5. The molecule has 0 unspecified atom stereocenters. The zero-order chi connectivity index (χ0) is 7.98. The van der Waals surface area contributed by atoms with Gasteiger partial charge in [-0.25, -0.2) is 4.79 Å². The van der Waals surface area contributed by atoms with Crippen molar-refractivity contribution in [2.24, 2.45) is 0 Å². The van der Waals surface area contributed by atoms with Crippen molar-refractivity contribution in [3.05, 3.63) is 12.2 Å². The number of esters is 1. The second-order valence-electron chi connectivity index (χ2n) is 1.80. The minimum atomic E-state index is -1.11. The first-order chi connectivity index (χ1) is 4.72. The van der Waals surface area contributed by atoms with Crippen LogP contribution in [0.25, 0.3) is 0 Å². The second kappa shape index (κ2) is 4.99. The topological polar surface area (TPSA) is 46.5 Å². The van der Waals surface area contributed by atoms with Crippen molar-refractivity contribution in [3.63, 3.8) is 0 Å². The molecule has 0 radical (unpaired) electrons. The van der Waals surface area contributed by atoms with Crippen molar-refractivity contribution in [2.45, 2.75) is 19.4 Å². The maximum absolute atomic E-state index is 10.5. The van der Waals surface area contributed by atoms with Crippen molar-refractivity contribution < 1.29 is 14.6 Å². The lowest BCUT2D eigenvalue weighted by Crippen LogP contribution is -2.18. The lowest BCUT2D eigenvalue weighted by Gasteiger charge is -2.00. The fourth-order valence-electron chi connectivity index (χ4n) is 0.464. The molecule has 0 saturated heterocycles. The Labute approximate surface area is 60.3 Å². The van der Waals surface area contributed by atoms with Gasteiger partial charge in [-0.15, -0.1) is 0 Å². The Kier molecular flexibility index (Phi) is 4.58.